The maximum Gasteiger partial charge on any atom is 0.277 e. The molecule has 3 aromatic rings. The molecule has 0 bridgehead atoms. The van der Waals surface area contributed by atoms with Crippen LogP contribution in [0.2, 0.25) is 0 Å². The van der Waals surface area contributed by atoms with Crippen LogP contribution < -0.4 is 5.32 Å². The van der Waals surface area contributed by atoms with Gasteiger partial charge in [-0.3, -0.25) is 19.7 Å². The molecule has 0 aliphatic carbocycles. The van der Waals surface area contributed by atoms with Crippen molar-refractivity contribution in [3.63, 3.8) is 0 Å². The summed E-state index contributed by atoms with van der Waals surface area (Å²) < 4.78 is 1.92. The lowest BCUT2D eigenvalue weighted by atomic mass is 10.2. The van der Waals surface area contributed by atoms with Gasteiger partial charge < -0.3 is 0 Å². The highest BCUT2D eigenvalue weighted by Gasteiger charge is 2.21. The van der Waals surface area contributed by atoms with Crippen molar-refractivity contribution >= 4 is 22.4 Å². The largest absolute Gasteiger partial charge is 0.296 e. The number of hydrogen-bond donors (Lipinski definition) is 1. The van der Waals surface area contributed by atoms with E-state index in [1.165, 1.54) is 16.9 Å². The molecule has 0 saturated heterocycles. The molecule has 1 aliphatic rings. The number of aromatic nitrogens is 3. The summed E-state index contributed by atoms with van der Waals surface area (Å²) in [5, 5.41) is 9.66. The molecule has 7 heteroatoms. The summed E-state index contributed by atoms with van der Waals surface area (Å²) in [4.78, 5) is 18.7. The summed E-state index contributed by atoms with van der Waals surface area (Å²) in [6.45, 7) is 2.56. The van der Waals surface area contributed by atoms with Crippen LogP contribution in [0, 0.1) is 0 Å². The van der Waals surface area contributed by atoms with Crippen molar-refractivity contribution in [3.05, 3.63) is 64.9 Å². The number of nitrogens with zero attached hydrogens (tertiary/aromatic N) is 4. The van der Waals surface area contributed by atoms with Crippen molar-refractivity contribution in [1.82, 2.24) is 19.7 Å². The summed E-state index contributed by atoms with van der Waals surface area (Å²) >= 11 is 1.40. The van der Waals surface area contributed by atoms with Crippen molar-refractivity contribution in [3.8, 4) is 0 Å². The molecule has 4 rings (SSSR count). The monoisotopic (exact) mass is 339 g/mol. The number of hydrogen-bond acceptors (Lipinski definition) is 5. The number of amides is 1. The Labute approximate surface area is 143 Å². The Balaban J connectivity index is 1.45. The van der Waals surface area contributed by atoms with Gasteiger partial charge in [-0.25, -0.2) is 4.98 Å². The van der Waals surface area contributed by atoms with Crippen LogP contribution in [0.25, 0.3) is 0 Å². The molecule has 122 valence electrons. The Morgan fingerprint density at radius 3 is 2.96 bits per heavy atom. The molecule has 3 heterocycles. The predicted octanol–water partition coefficient (Wildman–Crippen LogP) is 2.61. The first-order chi connectivity index (χ1) is 11.8. The van der Waals surface area contributed by atoms with Gasteiger partial charge in [0, 0.05) is 36.8 Å². The number of benzene rings is 1. The zero-order chi connectivity index (χ0) is 16.4. The first-order valence-corrected chi connectivity index (χ1v) is 8.70. The number of fused-ring (bicyclic) bond motifs is 1. The summed E-state index contributed by atoms with van der Waals surface area (Å²) in [7, 11) is 0. The van der Waals surface area contributed by atoms with E-state index in [1.807, 2.05) is 22.2 Å². The normalized spacial score (nSPS) is 14.3. The molecule has 0 radical (unpaired) electrons. The van der Waals surface area contributed by atoms with Crippen LogP contribution in [0.1, 0.15) is 21.7 Å². The SMILES string of the molecule is O=C(Nc1nccs1)c1cc2n(n1)CN(Cc1ccccc1)CC2. The van der Waals surface area contributed by atoms with Crippen LogP contribution in [0.4, 0.5) is 5.13 Å². The fourth-order valence-corrected chi connectivity index (χ4v) is 3.36. The van der Waals surface area contributed by atoms with Gasteiger partial charge in [0.25, 0.3) is 5.91 Å². The Kier molecular flexibility index (Phi) is 4.10. The molecule has 0 fully saturated rings. The third kappa shape index (κ3) is 3.22. The predicted molar refractivity (Wildman–Crippen MR) is 92.9 cm³/mol. The first kappa shape index (κ1) is 15.0. The van der Waals surface area contributed by atoms with Crippen molar-refractivity contribution in [2.75, 3.05) is 11.9 Å². The zero-order valence-corrected chi connectivity index (χ0v) is 13.9. The second-order valence-corrected chi connectivity index (χ2v) is 6.64. The van der Waals surface area contributed by atoms with E-state index in [2.05, 4.69) is 44.6 Å². The number of rotatable bonds is 4. The summed E-state index contributed by atoms with van der Waals surface area (Å²) in [6, 6.07) is 12.3. The van der Waals surface area contributed by atoms with Crippen molar-refractivity contribution in [2.24, 2.45) is 0 Å². The van der Waals surface area contributed by atoms with Gasteiger partial charge in [-0.15, -0.1) is 11.3 Å². The molecular weight excluding hydrogens is 322 g/mol. The Bertz CT molecular complexity index is 828. The van der Waals surface area contributed by atoms with Crippen molar-refractivity contribution in [1.29, 1.82) is 0 Å². The molecule has 24 heavy (non-hydrogen) atoms. The highest BCUT2D eigenvalue weighted by Crippen LogP contribution is 2.17. The molecule has 0 saturated carbocycles. The van der Waals surface area contributed by atoms with Crippen LogP contribution in [-0.4, -0.2) is 32.1 Å². The van der Waals surface area contributed by atoms with E-state index in [4.69, 9.17) is 0 Å². The van der Waals surface area contributed by atoms with Gasteiger partial charge in [0.15, 0.2) is 10.8 Å². The van der Waals surface area contributed by atoms with Gasteiger partial charge in [0.1, 0.15) is 0 Å². The zero-order valence-electron chi connectivity index (χ0n) is 13.1. The van der Waals surface area contributed by atoms with Gasteiger partial charge >= 0.3 is 0 Å². The van der Waals surface area contributed by atoms with Gasteiger partial charge in [0.05, 0.1) is 6.67 Å². The van der Waals surface area contributed by atoms with Crippen molar-refractivity contribution < 1.29 is 4.79 Å². The Morgan fingerprint density at radius 2 is 2.17 bits per heavy atom. The van der Waals surface area contributed by atoms with E-state index in [0.29, 0.717) is 17.5 Å². The molecule has 1 aliphatic heterocycles. The van der Waals surface area contributed by atoms with Gasteiger partial charge in [-0.1, -0.05) is 30.3 Å². The van der Waals surface area contributed by atoms with Gasteiger partial charge in [-0.05, 0) is 11.6 Å². The fraction of sp³-hybridized carbons (Fsp3) is 0.235. The average Bonchev–Trinajstić information content (AvgIpc) is 3.24. The minimum atomic E-state index is -0.207. The van der Waals surface area contributed by atoms with E-state index in [-0.39, 0.29) is 5.91 Å². The van der Waals surface area contributed by atoms with Gasteiger partial charge in [-0.2, -0.15) is 5.10 Å². The lowest BCUT2D eigenvalue weighted by molar-refractivity contribution is 0.101. The van der Waals surface area contributed by atoms with E-state index >= 15 is 0 Å². The number of thiazole rings is 1. The molecule has 2 aromatic heterocycles. The second kappa shape index (κ2) is 6.54. The van der Waals surface area contributed by atoms with Crippen molar-refractivity contribution in [2.45, 2.75) is 19.6 Å². The molecule has 1 aromatic carbocycles. The lowest BCUT2D eigenvalue weighted by Gasteiger charge is -2.27. The minimum Gasteiger partial charge on any atom is -0.296 e. The second-order valence-electron chi connectivity index (χ2n) is 5.74. The summed E-state index contributed by atoms with van der Waals surface area (Å²) in [6.07, 6.45) is 2.56. The molecule has 1 N–H and O–H groups in total. The van der Waals surface area contributed by atoms with Crippen LogP contribution in [0.15, 0.2) is 48.0 Å². The van der Waals surface area contributed by atoms with E-state index < -0.39 is 0 Å². The van der Waals surface area contributed by atoms with Gasteiger partial charge in [0.2, 0.25) is 0 Å². The van der Waals surface area contributed by atoms with Crippen LogP contribution in [-0.2, 0) is 19.6 Å². The first-order valence-electron chi connectivity index (χ1n) is 7.82. The lowest BCUT2D eigenvalue weighted by Crippen LogP contribution is -2.34. The summed E-state index contributed by atoms with van der Waals surface area (Å²) in [5.41, 5.74) is 2.83. The highest BCUT2D eigenvalue weighted by atomic mass is 32.1. The highest BCUT2D eigenvalue weighted by molar-refractivity contribution is 7.13. The molecule has 0 unspecified atom stereocenters. The maximum atomic E-state index is 12.3. The standard InChI is InChI=1S/C17H17N5OS/c23-16(19-17-18-7-9-24-17)15-10-14-6-8-21(12-22(14)20-15)11-13-4-2-1-3-5-13/h1-5,7,9-10H,6,8,11-12H2,(H,18,19,23). The fourth-order valence-electron chi connectivity index (χ4n) is 2.84. The smallest absolute Gasteiger partial charge is 0.277 e. The van der Waals surface area contributed by atoms with E-state index in [1.54, 1.807) is 6.20 Å². The van der Waals surface area contributed by atoms with E-state index in [9.17, 15) is 4.79 Å². The van der Waals surface area contributed by atoms with E-state index in [0.717, 1.165) is 25.2 Å². The summed E-state index contributed by atoms with van der Waals surface area (Å²) in [5.74, 6) is -0.207. The molecule has 1 amide bonds. The topological polar surface area (TPSA) is 63.1 Å². The molecule has 0 atom stereocenters. The maximum absolute atomic E-state index is 12.3. The number of carbonyl (C=O) groups excluding carboxylic acids is 1. The number of anilines is 1. The average molecular weight is 339 g/mol. The Morgan fingerprint density at radius 1 is 1.29 bits per heavy atom. The van der Waals surface area contributed by atoms with Crippen LogP contribution in [0.3, 0.4) is 0 Å². The van der Waals surface area contributed by atoms with Crippen LogP contribution in [0.5, 0.6) is 0 Å². The Hall–Kier alpha value is -2.51. The molecule has 6 nitrogen and oxygen atoms in total. The number of nitrogens with one attached hydrogen (secondary N) is 1. The molecular formula is C17H17N5OS. The third-order valence-electron chi connectivity index (χ3n) is 4.02. The quantitative estimate of drug-likeness (QED) is 0.794. The number of carbonyl (C=O) groups is 1. The third-order valence-corrected chi connectivity index (χ3v) is 4.70. The molecule has 0 spiro atoms. The minimum absolute atomic E-state index is 0.207. The van der Waals surface area contributed by atoms with Crippen LogP contribution >= 0.6 is 11.3 Å².